The molecule has 1 aliphatic heterocycles. The van der Waals surface area contributed by atoms with Crippen LogP contribution in [0.3, 0.4) is 0 Å². The Bertz CT molecular complexity index is 905. The van der Waals surface area contributed by atoms with E-state index in [1.54, 1.807) is 19.2 Å². The number of hydrogen-bond donors (Lipinski definition) is 2. The summed E-state index contributed by atoms with van der Waals surface area (Å²) in [5.74, 6) is 1.67. The smallest absolute Gasteiger partial charge is 0.269 e. The molecule has 1 saturated carbocycles. The lowest BCUT2D eigenvalue weighted by molar-refractivity contribution is -0.384. The summed E-state index contributed by atoms with van der Waals surface area (Å²) in [5.41, 5.74) is 2.13. The predicted octanol–water partition coefficient (Wildman–Crippen LogP) is 4.10. The highest BCUT2D eigenvalue weighted by atomic mass is 16.6. The van der Waals surface area contributed by atoms with Crippen LogP contribution in [-0.4, -0.2) is 23.5 Å². The van der Waals surface area contributed by atoms with E-state index in [0.717, 1.165) is 36.1 Å². The van der Waals surface area contributed by atoms with Gasteiger partial charge in [-0.1, -0.05) is 30.3 Å². The third kappa shape index (κ3) is 4.18. The summed E-state index contributed by atoms with van der Waals surface area (Å²) < 4.78 is 6.43. The number of benzene rings is 2. The van der Waals surface area contributed by atoms with Gasteiger partial charge < -0.3 is 15.4 Å². The van der Waals surface area contributed by atoms with Crippen LogP contribution in [0, 0.1) is 10.1 Å². The van der Waals surface area contributed by atoms with E-state index in [0.29, 0.717) is 12.5 Å². The minimum Gasteiger partial charge on any atom is -0.487 e. The van der Waals surface area contributed by atoms with Crippen molar-refractivity contribution in [2.45, 2.75) is 50.3 Å². The van der Waals surface area contributed by atoms with Crippen LogP contribution < -0.4 is 15.4 Å². The Morgan fingerprint density at radius 2 is 1.93 bits per heavy atom. The number of nitrogens with one attached hydrogen (secondary N) is 2. The van der Waals surface area contributed by atoms with Gasteiger partial charge in [-0.3, -0.25) is 15.1 Å². The van der Waals surface area contributed by atoms with E-state index in [1.807, 2.05) is 12.1 Å². The van der Waals surface area contributed by atoms with Crippen LogP contribution in [0.2, 0.25) is 0 Å². The number of nitrogens with zero attached hydrogens (tertiary/aromatic N) is 2. The molecule has 4 rings (SSSR count). The van der Waals surface area contributed by atoms with E-state index in [2.05, 4.69) is 27.8 Å². The lowest BCUT2D eigenvalue weighted by Crippen LogP contribution is -2.46. The van der Waals surface area contributed by atoms with Crippen LogP contribution in [0.25, 0.3) is 0 Å². The molecule has 7 heteroatoms. The summed E-state index contributed by atoms with van der Waals surface area (Å²) in [6.07, 6.45) is 5.52. The van der Waals surface area contributed by atoms with Crippen LogP contribution in [-0.2, 0) is 6.54 Å². The van der Waals surface area contributed by atoms with E-state index in [-0.39, 0.29) is 22.3 Å². The maximum Gasteiger partial charge on any atom is 0.269 e. The Kier molecular flexibility index (Phi) is 5.38. The fraction of sp³-hybridized carbons (Fsp3) is 0.409. The minimum atomic E-state index is -0.390. The molecule has 1 fully saturated rings. The van der Waals surface area contributed by atoms with E-state index in [1.165, 1.54) is 25.0 Å². The van der Waals surface area contributed by atoms with Gasteiger partial charge in [-0.05, 0) is 37.3 Å². The minimum absolute atomic E-state index is 0.0801. The first-order valence-corrected chi connectivity index (χ1v) is 10.1. The average molecular weight is 394 g/mol. The number of non-ortho nitro benzene ring substituents is 1. The molecule has 7 nitrogen and oxygen atoms in total. The van der Waals surface area contributed by atoms with Gasteiger partial charge in [-0.2, -0.15) is 0 Å². The Balaban J connectivity index is 1.45. The van der Waals surface area contributed by atoms with Gasteiger partial charge in [0.15, 0.2) is 5.96 Å². The van der Waals surface area contributed by atoms with Gasteiger partial charge in [0, 0.05) is 37.7 Å². The van der Waals surface area contributed by atoms with Gasteiger partial charge in [-0.25, -0.2) is 0 Å². The van der Waals surface area contributed by atoms with Crippen LogP contribution in [0.1, 0.15) is 49.3 Å². The van der Waals surface area contributed by atoms with Crippen LogP contribution in [0.5, 0.6) is 5.75 Å². The molecule has 152 valence electrons. The van der Waals surface area contributed by atoms with Gasteiger partial charge in [0.2, 0.25) is 0 Å². The Hall–Kier alpha value is -3.09. The maximum absolute atomic E-state index is 10.8. The second-order valence-corrected chi connectivity index (χ2v) is 7.78. The SMILES string of the molecule is CN=C(NCc1ccc([N+](=O)[O-])cc1)NC1CC2(CCCC2)Oc2ccccc21. The number of nitro groups is 1. The Morgan fingerprint density at radius 3 is 2.62 bits per heavy atom. The standard InChI is InChI=1S/C22H26N4O3/c1-23-21(24-15-16-8-10-17(11-9-16)26(27)28)25-19-14-22(12-4-5-13-22)29-20-7-3-2-6-18(19)20/h2-3,6-11,19H,4-5,12-15H2,1H3,(H2,23,24,25). The van der Waals surface area contributed by atoms with Gasteiger partial charge in [0.1, 0.15) is 11.4 Å². The van der Waals surface area contributed by atoms with E-state index in [4.69, 9.17) is 4.74 Å². The van der Waals surface area contributed by atoms with Crippen LogP contribution in [0.4, 0.5) is 5.69 Å². The summed E-state index contributed by atoms with van der Waals surface area (Å²) in [6.45, 7) is 0.535. The average Bonchev–Trinajstić information content (AvgIpc) is 3.18. The molecule has 0 aromatic heterocycles. The topological polar surface area (TPSA) is 88.8 Å². The van der Waals surface area contributed by atoms with Crippen molar-refractivity contribution in [2.75, 3.05) is 7.05 Å². The maximum atomic E-state index is 10.8. The number of nitro benzene ring substituents is 1. The molecule has 1 spiro atoms. The van der Waals surface area contributed by atoms with Crippen molar-refractivity contribution in [2.24, 2.45) is 4.99 Å². The van der Waals surface area contributed by atoms with Crippen molar-refractivity contribution >= 4 is 11.6 Å². The molecular formula is C22H26N4O3. The molecule has 0 saturated heterocycles. The Morgan fingerprint density at radius 1 is 1.21 bits per heavy atom. The lowest BCUT2D eigenvalue weighted by Gasteiger charge is -2.40. The molecule has 1 aliphatic carbocycles. The van der Waals surface area contributed by atoms with Crippen molar-refractivity contribution < 1.29 is 9.66 Å². The first-order valence-electron chi connectivity index (χ1n) is 10.1. The van der Waals surface area contributed by atoms with Crippen LogP contribution >= 0.6 is 0 Å². The van der Waals surface area contributed by atoms with E-state index in [9.17, 15) is 10.1 Å². The first-order chi connectivity index (χ1) is 14.1. The number of aliphatic imine (C=N–C) groups is 1. The fourth-order valence-electron chi connectivity index (χ4n) is 4.35. The third-order valence-corrected chi connectivity index (χ3v) is 5.85. The van der Waals surface area contributed by atoms with E-state index < -0.39 is 0 Å². The molecule has 29 heavy (non-hydrogen) atoms. The second kappa shape index (κ2) is 8.11. The molecule has 1 atom stereocenters. The summed E-state index contributed by atoms with van der Waals surface area (Å²) in [6, 6.07) is 14.9. The number of para-hydroxylation sites is 1. The van der Waals surface area contributed by atoms with Crippen molar-refractivity contribution in [1.29, 1.82) is 0 Å². The molecule has 0 bridgehead atoms. The van der Waals surface area contributed by atoms with Gasteiger partial charge in [0.05, 0.1) is 11.0 Å². The lowest BCUT2D eigenvalue weighted by atomic mass is 9.86. The van der Waals surface area contributed by atoms with Crippen LogP contribution in [0.15, 0.2) is 53.5 Å². The van der Waals surface area contributed by atoms with Gasteiger partial charge in [0.25, 0.3) is 5.69 Å². The zero-order valence-corrected chi connectivity index (χ0v) is 16.6. The molecule has 1 heterocycles. The van der Waals surface area contributed by atoms with Crippen molar-refractivity contribution in [3.8, 4) is 5.75 Å². The third-order valence-electron chi connectivity index (χ3n) is 5.85. The fourth-order valence-corrected chi connectivity index (χ4v) is 4.35. The molecular weight excluding hydrogens is 368 g/mol. The predicted molar refractivity (Wildman–Crippen MR) is 112 cm³/mol. The summed E-state index contributed by atoms with van der Waals surface area (Å²) >= 11 is 0. The van der Waals surface area contributed by atoms with Gasteiger partial charge >= 0.3 is 0 Å². The molecule has 0 amide bonds. The zero-order valence-electron chi connectivity index (χ0n) is 16.6. The summed E-state index contributed by atoms with van der Waals surface area (Å²) in [7, 11) is 1.75. The number of fused-ring (bicyclic) bond motifs is 1. The highest BCUT2D eigenvalue weighted by molar-refractivity contribution is 5.80. The number of ether oxygens (including phenoxy) is 1. The quantitative estimate of drug-likeness (QED) is 0.353. The highest BCUT2D eigenvalue weighted by Gasteiger charge is 2.43. The Labute approximate surface area is 170 Å². The summed E-state index contributed by atoms with van der Waals surface area (Å²) in [4.78, 5) is 14.8. The van der Waals surface area contributed by atoms with Crippen molar-refractivity contribution in [1.82, 2.24) is 10.6 Å². The number of rotatable bonds is 4. The molecule has 2 N–H and O–H groups in total. The number of guanidine groups is 1. The molecule has 2 aliphatic rings. The monoisotopic (exact) mass is 394 g/mol. The largest absolute Gasteiger partial charge is 0.487 e. The second-order valence-electron chi connectivity index (χ2n) is 7.78. The van der Waals surface area contributed by atoms with Crippen molar-refractivity contribution in [3.05, 3.63) is 69.8 Å². The molecule has 1 unspecified atom stereocenters. The summed E-state index contributed by atoms with van der Waals surface area (Å²) in [5, 5.41) is 17.7. The molecule has 0 radical (unpaired) electrons. The zero-order chi connectivity index (χ0) is 20.3. The highest BCUT2D eigenvalue weighted by Crippen LogP contribution is 2.46. The number of hydrogen-bond acceptors (Lipinski definition) is 4. The van der Waals surface area contributed by atoms with Gasteiger partial charge in [-0.15, -0.1) is 0 Å². The van der Waals surface area contributed by atoms with E-state index >= 15 is 0 Å². The first kappa shape index (κ1) is 19.2. The molecule has 2 aromatic carbocycles. The van der Waals surface area contributed by atoms with Crippen molar-refractivity contribution in [3.63, 3.8) is 0 Å². The normalized spacial score (nSPS) is 20.0. The molecule has 2 aromatic rings.